The summed E-state index contributed by atoms with van der Waals surface area (Å²) in [6.45, 7) is 4.14. The van der Waals surface area contributed by atoms with Gasteiger partial charge in [-0.25, -0.2) is 0 Å². The lowest BCUT2D eigenvalue weighted by Crippen LogP contribution is -2.23. The highest BCUT2D eigenvalue weighted by atomic mass is 16.5. The fourth-order valence-corrected chi connectivity index (χ4v) is 1.77. The van der Waals surface area contributed by atoms with Gasteiger partial charge in [-0.05, 0) is 30.7 Å². The third-order valence-corrected chi connectivity index (χ3v) is 2.79. The van der Waals surface area contributed by atoms with Gasteiger partial charge in [-0.1, -0.05) is 17.0 Å². The maximum Gasteiger partial charge on any atom is 0.251 e. The highest BCUT2D eigenvalue weighted by Gasteiger charge is 2.09. The van der Waals surface area contributed by atoms with Gasteiger partial charge in [-0.15, -0.1) is 0 Å². The molecule has 1 heterocycles. The maximum absolute atomic E-state index is 12.0. The van der Waals surface area contributed by atoms with E-state index in [4.69, 9.17) is 10.3 Å². The van der Waals surface area contributed by atoms with Crippen LogP contribution in [-0.2, 0) is 6.54 Å². The van der Waals surface area contributed by atoms with Gasteiger partial charge in [0.2, 0.25) is 5.89 Å². The van der Waals surface area contributed by atoms with Crippen molar-refractivity contribution in [2.45, 2.75) is 20.4 Å². The van der Waals surface area contributed by atoms with Crippen molar-refractivity contribution in [2.75, 3.05) is 6.54 Å². The summed E-state index contributed by atoms with van der Waals surface area (Å²) in [5.41, 5.74) is 7.70. The van der Waals surface area contributed by atoms with Crippen LogP contribution < -0.4 is 11.1 Å². The average molecular weight is 284 g/mol. The topological polar surface area (TPSA) is 94.0 Å². The Morgan fingerprint density at radius 2 is 2.24 bits per heavy atom. The molecule has 0 atom stereocenters. The SMILES string of the molecule is Cc1nc(CNC(=O)c2ccc(C#CCN)c(C)c2)no1. The molecule has 0 aliphatic rings. The number of nitrogens with zero attached hydrogens (tertiary/aromatic N) is 2. The van der Waals surface area contributed by atoms with E-state index in [-0.39, 0.29) is 12.5 Å². The van der Waals surface area contributed by atoms with Gasteiger partial charge >= 0.3 is 0 Å². The van der Waals surface area contributed by atoms with Crippen molar-refractivity contribution in [2.24, 2.45) is 5.73 Å². The van der Waals surface area contributed by atoms with Crippen molar-refractivity contribution in [3.05, 3.63) is 46.6 Å². The Kier molecular flexibility index (Phi) is 4.69. The van der Waals surface area contributed by atoms with Crippen LogP contribution in [0.15, 0.2) is 22.7 Å². The van der Waals surface area contributed by atoms with E-state index in [0.29, 0.717) is 23.8 Å². The van der Waals surface area contributed by atoms with Crippen LogP contribution in [0.25, 0.3) is 0 Å². The second-order valence-corrected chi connectivity index (χ2v) is 4.45. The first-order valence-electron chi connectivity index (χ1n) is 6.47. The number of amides is 1. The fraction of sp³-hybridized carbons (Fsp3) is 0.267. The lowest BCUT2D eigenvalue weighted by atomic mass is 10.0. The predicted molar refractivity (Wildman–Crippen MR) is 77.3 cm³/mol. The Bertz CT molecular complexity index is 710. The summed E-state index contributed by atoms with van der Waals surface area (Å²) in [7, 11) is 0. The zero-order valence-corrected chi connectivity index (χ0v) is 11.9. The van der Waals surface area contributed by atoms with E-state index in [1.54, 1.807) is 19.1 Å². The number of nitrogens with two attached hydrogens (primary N) is 1. The molecular formula is C15H16N4O2. The van der Waals surface area contributed by atoms with Gasteiger partial charge in [0.15, 0.2) is 5.82 Å². The molecule has 6 heteroatoms. The molecule has 0 saturated carbocycles. The van der Waals surface area contributed by atoms with Gasteiger partial charge in [0.1, 0.15) is 0 Å². The quantitative estimate of drug-likeness (QED) is 0.818. The average Bonchev–Trinajstić information content (AvgIpc) is 2.89. The number of benzene rings is 1. The summed E-state index contributed by atoms with van der Waals surface area (Å²) in [6, 6.07) is 5.33. The third-order valence-electron chi connectivity index (χ3n) is 2.79. The molecule has 108 valence electrons. The molecule has 0 bridgehead atoms. The minimum absolute atomic E-state index is 0.195. The molecule has 1 amide bonds. The summed E-state index contributed by atoms with van der Waals surface area (Å²) < 4.78 is 4.84. The normalized spacial score (nSPS) is 9.86. The first kappa shape index (κ1) is 14.8. The second kappa shape index (κ2) is 6.68. The van der Waals surface area contributed by atoms with Crippen LogP contribution in [0.1, 0.15) is 33.2 Å². The number of aromatic nitrogens is 2. The first-order valence-corrected chi connectivity index (χ1v) is 6.47. The van der Waals surface area contributed by atoms with Gasteiger partial charge in [0, 0.05) is 18.1 Å². The zero-order chi connectivity index (χ0) is 15.2. The third kappa shape index (κ3) is 3.91. The zero-order valence-electron chi connectivity index (χ0n) is 11.9. The van der Waals surface area contributed by atoms with E-state index in [1.807, 2.05) is 13.0 Å². The largest absolute Gasteiger partial charge is 0.345 e. The smallest absolute Gasteiger partial charge is 0.251 e. The minimum atomic E-state index is -0.195. The molecule has 0 saturated heterocycles. The molecule has 2 aromatic rings. The fourth-order valence-electron chi connectivity index (χ4n) is 1.77. The Morgan fingerprint density at radius 1 is 1.43 bits per heavy atom. The van der Waals surface area contributed by atoms with Gasteiger partial charge in [0.05, 0.1) is 13.1 Å². The predicted octanol–water partition coefficient (Wildman–Crippen LogP) is 0.927. The van der Waals surface area contributed by atoms with E-state index in [1.165, 1.54) is 0 Å². The first-order chi connectivity index (χ1) is 10.1. The van der Waals surface area contributed by atoms with Gasteiger partial charge < -0.3 is 15.6 Å². The second-order valence-electron chi connectivity index (χ2n) is 4.45. The molecule has 0 unspecified atom stereocenters. The van der Waals surface area contributed by atoms with E-state index in [0.717, 1.165) is 11.1 Å². The van der Waals surface area contributed by atoms with Crippen LogP contribution in [0.4, 0.5) is 0 Å². The standard InChI is InChI=1S/C15H16N4O2/c1-10-8-13(6-5-12(10)4-3-7-16)15(20)17-9-14-18-11(2)21-19-14/h5-6,8H,7,9,16H2,1-2H3,(H,17,20). The van der Waals surface area contributed by atoms with E-state index < -0.39 is 0 Å². The monoisotopic (exact) mass is 284 g/mol. The van der Waals surface area contributed by atoms with Crippen LogP contribution in [-0.4, -0.2) is 22.6 Å². The summed E-state index contributed by atoms with van der Waals surface area (Å²) >= 11 is 0. The molecule has 0 fully saturated rings. The Balaban J connectivity index is 2.04. The number of hydrogen-bond donors (Lipinski definition) is 2. The highest BCUT2D eigenvalue weighted by molar-refractivity contribution is 5.94. The van der Waals surface area contributed by atoms with Crippen LogP contribution >= 0.6 is 0 Å². The van der Waals surface area contributed by atoms with Gasteiger partial charge in [-0.2, -0.15) is 4.98 Å². The number of carbonyl (C=O) groups excluding carboxylic acids is 1. The molecule has 3 N–H and O–H groups in total. The molecular weight excluding hydrogens is 268 g/mol. The van der Waals surface area contributed by atoms with Crippen molar-refractivity contribution in [3.8, 4) is 11.8 Å². The van der Waals surface area contributed by atoms with Crippen molar-refractivity contribution in [1.82, 2.24) is 15.5 Å². The molecule has 2 rings (SSSR count). The number of rotatable bonds is 3. The molecule has 1 aromatic carbocycles. The van der Waals surface area contributed by atoms with Crippen molar-refractivity contribution in [3.63, 3.8) is 0 Å². The molecule has 0 aliphatic carbocycles. The van der Waals surface area contributed by atoms with Crippen molar-refractivity contribution < 1.29 is 9.32 Å². The van der Waals surface area contributed by atoms with E-state index >= 15 is 0 Å². The van der Waals surface area contributed by atoms with Crippen LogP contribution in [0.3, 0.4) is 0 Å². The maximum atomic E-state index is 12.0. The number of aryl methyl sites for hydroxylation is 2. The summed E-state index contributed by atoms with van der Waals surface area (Å²) in [5, 5.41) is 6.45. The number of nitrogens with one attached hydrogen (secondary N) is 1. The highest BCUT2D eigenvalue weighted by Crippen LogP contribution is 2.10. The van der Waals surface area contributed by atoms with Gasteiger partial charge in [0.25, 0.3) is 5.91 Å². The summed E-state index contributed by atoms with van der Waals surface area (Å²) in [6.07, 6.45) is 0. The summed E-state index contributed by atoms with van der Waals surface area (Å²) in [4.78, 5) is 16.1. The van der Waals surface area contributed by atoms with Crippen LogP contribution in [0.2, 0.25) is 0 Å². The molecule has 1 aromatic heterocycles. The van der Waals surface area contributed by atoms with Crippen LogP contribution in [0.5, 0.6) is 0 Å². The minimum Gasteiger partial charge on any atom is -0.345 e. The van der Waals surface area contributed by atoms with Gasteiger partial charge in [-0.3, -0.25) is 4.79 Å². The Hall–Kier alpha value is -2.65. The van der Waals surface area contributed by atoms with Crippen LogP contribution in [0, 0.1) is 25.7 Å². The molecule has 6 nitrogen and oxygen atoms in total. The Labute approximate surface area is 122 Å². The molecule has 0 radical (unpaired) electrons. The lowest BCUT2D eigenvalue weighted by Gasteiger charge is -2.05. The molecule has 21 heavy (non-hydrogen) atoms. The summed E-state index contributed by atoms with van der Waals surface area (Å²) in [5.74, 6) is 6.48. The molecule has 0 aliphatic heterocycles. The van der Waals surface area contributed by atoms with E-state index in [2.05, 4.69) is 27.3 Å². The lowest BCUT2D eigenvalue weighted by molar-refractivity contribution is 0.0949. The Morgan fingerprint density at radius 3 is 2.86 bits per heavy atom. The van der Waals surface area contributed by atoms with E-state index in [9.17, 15) is 4.79 Å². The number of carbonyl (C=O) groups is 1. The van der Waals surface area contributed by atoms with Crippen molar-refractivity contribution in [1.29, 1.82) is 0 Å². The number of hydrogen-bond acceptors (Lipinski definition) is 5. The van der Waals surface area contributed by atoms with Crippen molar-refractivity contribution >= 4 is 5.91 Å². The molecule has 0 spiro atoms.